The first-order valence-corrected chi connectivity index (χ1v) is 6.76. The van der Waals surface area contributed by atoms with Gasteiger partial charge < -0.3 is 0 Å². The Kier molecular flexibility index (Phi) is 3.21. The minimum atomic E-state index is 0.0123. The van der Waals surface area contributed by atoms with E-state index in [1.807, 2.05) is 48.5 Å². The van der Waals surface area contributed by atoms with E-state index in [2.05, 4.69) is 4.98 Å². The van der Waals surface area contributed by atoms with Crippen LogP contribution in [-0.4, -0.2) is 4.98 Å². The number of nitrogens with zero attached hydrogens (tertiary/aromatic N) is 1. The zero-order chi connectivity index (χ0) is 13.1. The summed E-state index contributed by atoms with van der Waals surface area (Å²) in [5, 5.41) is 0. The Bertz CT molecular complexity index is 675. The van der Waals surface area contributed by atoms with Gasteiger partial charge in [0.25, 0.3) is 0 Å². The first-order valence-electron chi connectivity index (χ1n) is 5.95. The van der Waals surface area contributed by atoms with Crippen LogP contribution in [-0.2, 0) is 0 Å². The molecular formula is C16H11NOS. The second kappa shape index (κ2) is 5.16. The van der Waals surface area contributed by atoms with Gasteiger partial charge in [-0.2, -0.15) is 0 Å². The van der Waals surface area contributed by atoms with Crippen LogP contribution >= 0.6 is 11.3 Å². The summed E-state index contributed by atoms with van der Waals surface area (Å²) in [6, 6.07) is 18.9. The molecule has 0 fully saturated rings. The van der Waals surface area contributed by atoms with Crippen LogP contribution in [0.5, 0.6) is 0 Å². The Labute approximate surface area is 115 Å². The third kappa shape index (κ3) is 2.61. The van der Waals surface area contributed by atoms with Gasteiger partial charge in [-0.05, 0) is 17.7 Å². The van der Waals surface area contributed by atoms with Crippen LogP contribution in [0.1, 0.15) is 0 Å². The van der Waals surface area contributed by atoms with Crippen LogP contribution in [0, 0.1) is 0 Å². The molecule has 0 bridgehead atoms. The van der Waals surface area contributed by atoms with Crippen molar-refractivity contribution in [2.24, 2.45) is 0 Å². The van der Waals surface area contributed by atoms with Gasteiger partial charge in [-0.15, -0.1) is 11.3 Å². The van der Waals surface area contributed by atoms with E-state index in [0.717, 1.165) is 21.0 Å². The number of aromatic nitrogens is 1. The van der Waals surface area contributed by atoms with Crippen LogP contribution in [0.25, 0.3) is 21.0 Å². The molecule has 1 aromatic carbocycles. The van der Waals surface area contributed by atoms with Gasteiger partial charge >= 0.3 is 0 Å². The fourth-order valence-electron chi connectivity index (χ4n) is 1.86. The van der Waals surface area contributed by atoms with E-state index in [0.29, 0.717) is 0 Å². The molecule has 0 spiro atoms. The monoisotopic (exact) mass is 265 g/mol. The first-order chi connectivity index (χ1) is 9.33. The molecule has 0 saturated heterocycles. The smallest absolute Gasteiger partial charge is 0.181 e. The summed E-state index contributed by atoms with van der Waals surface area (Å²) in [6.07, 6.45) is 1.74. The third-order valence-electron chi connectivity index (χ3n) is 2.74. The van der Waals surface area contributed by atoms with E-state index in [9.17, 15) is 4.79 Å². The molecular weight excluding hydrogens is 254 g/mol. The van der Waals surface area contributed by atoms with Gasteiger partial charge in [-0.3, -0.25) is 9.78 Å². The molecule has 0 saturated carbocycles. The molecule has 92 valence electrons. The van der Waals surface area contributed by atoms with Crippen molar-refractivity contribution in [1.29, 1.82) is 0 Å². The molecule has 3 heteroatoms. The zero-order valence-corrected chi connectivity index (χ0v) is 10.9. The van der Waals surface area contributed by atoms with Crippen molar-refractivity contribution in [1.82, 2.24) is 4.98 Å². The molecule has 0 radical (unpaired) electrons. The van der Waals surface area contributed by atoms with Crippen molar-refractivity contribution >= 4 is 11.3 Å². The lowest BCUT2D eigenvalue weighted by Gasteiger charge is -2.03. The minimum Gasteiger partial charge on any atom is -0.290 e. The summed E-state index contributed by atoms with van der Waals surface area (Å²) in [7, 11) is 0. The van der Waals surface area contributed by atoms with Gasteiger partial charge in [0.05, 0.1) is 10.6 Å². The maximum absolute atomic E-state index is 11.8. The fraction of sp³-hybridized carbons (Fsp3) is 0. The topological polar surface area (TPSA) is 30.0 Å². The predicted octanol–water partition coefficient (Wildman–Crippen LogP) is 3.84. The van der Waals surface area contributed by atoms with Crippen LogP contribution in [0.4, 0.5) is 0 Å². The van der Waals surface area contributed by atoms with E-state index in [-0.39, 0.29) is 5.43 Å². The normalized spacial score (nSPS) is 10.3. The molecule has 0 atom stereocenters. The highest BCUT2D eigenvalue weighted by atomic mass is 32.1. The maximum atomic E-state index is 11.8. The number of benzene rings is 1. The van der Waals surface area contributed by atoms with E-state index >= 15 is 0 Å². The van der Waals surface area contributed by atoms with Gasteiger partial charge in [-0.25, -0.2) is 0 Å². The standard InChI is InChI=1S/C16H11NOS/c18-13-10-15(12-6-2-1-3-7-12)19-16(11-13)14-8-4-5-9-17-14/h1-11H. The molecule has 0 unspecified atom stereocenters. The highest BCUT2D eigenvalue weighted by Gasteiger charge is 2.05. The van der Waals surface area contributed by atoms with Crippen molar-refractivity contribution in [3.8, 4) is 21.0 Å². The van der Waals surface area contributed by atoms with E-state index in [1.54, 1.807) is 29.7 Å². The van der Waals surface area contributed by atoms with Gasteiger partial charge in [-0.1, -0.05) is 36.4 Å². The van der Waals surface area contributed by atoms with Crippen molar-refractivity contribution in [2.75, 3.05) is 0 Å². The van der Waals surface area contributed by atoms with Gasteiger partial charge in [0, 0.05) is 23.2 Å². The van der Waals surface area contributed by atoms with Crippen LogP contribution in [0.2, 0.25) is 0 Å². The minimum absolute atomic E-state index is 0.0123. The molecule has 2 heterocycles. The average Bonchev–Trinajstić information content (AvgIpc) is 2.48. The number of rotatable bonds is 2. The molecule has 0 aliphatic carbocycles. The Morgan fingerprint density at radius 2 is 1.58 bits per heavy atom. The van der Waals surface area contributed by atoms with Crippen molar-refractivity contribution < 1.29 is 0 Å². The number of hydrogen-bond donors (Lipinski definition) is 0. The third-order valence-corrected chi connectivity index (χ3v) is 3.86. The number of hydrogen-bond acceptors (Lipinski definition) is 3. The molecule has 2 nitrogen and oxygen atoms in total. The zero-order valence-electron chi connectivity index (χ0n) is 10.1. The molecule has 0 aliphatic rings. The van der Waals surface area contributed by atoms with Crippen molar-refractivity contribution in [2.45, 2.75) is 0 Å². The second-order valence-electron chi connectivity index (χ2n) is 4.10. The Morgan fingerprint density at radius 3 is 2.32 bits per heavy atom. The molecule has 3 aromatic rings. The summed E-state index contributed by atoms with van der Waals surface area (Å²) in [4.78, 5) is 18.0. The molecule has 2 aromatic heterocycles. The first kappa shape index (κ1) is 11.8. The Hall–Kier alpha value is -2.26. The van der Waals surface area contributed by atoms with Crippen LogP contribution in [0.15, 0.2) is 71.7 Å². The molecule has 0 amide bonds. The average molecular weight is 265 g/mol. The van der Waals surface area contributed by atoms with Gasteiger partial charge in [0.15, 0.2) is 5.43 Å². The molecule has 0 aliphatic heterocycles. The largest absolute Gasteiger partial charge is 0.290 e. The van der Waals surface area contributed by atoms with E-state index < -0.39 is 0 Å². The highest BCUT2D eigenvalue weighted by Crippen LogP contribution is 2.29. The van der Waals surface area contributed by atoms with Gasteiger partial charge in [0.2, 0.25) is 0 Å². The van der Waals surface area contributed by atoms with Crippen molar-refractivity contribution in [3.05, 3.63) is 77.1 Å². The maximum Gasteiger partial charge on any atom is 0.181 e. The van der Waals surface area contributed by atoms with Crippen LogP contribution < -0.4 is 5.43 Å². The number of pyridine rings is 1. The Morgan fingerprint density at radius 1 is 0.842 bits per heavy atom. The summed E-state index contributed by atoms with van der Waals surface area (Å²) < 4.78 is 0. The van der Waals surface area contributed by atoms with E-state index in [1.165, 1.54) is 0 Å². The van der Waals surface area contributed by atoms with Crippen molar-refractivity contribution in [3.63, 3.8) is 0 Å². The molecule has 3 rings (SSSR count). The highest BCUT2D eigenvalue weighted by molar-refractivity contribution is 7.18. The second-order valence-corrected chi connectivity index (χ2v) is 5.19. The summed E-state index contributed by atoms with van der Waals surface area (Å²) >= 11 is 1.58. The SMILES string of the molecule is O=c1cc(-c2ccccc2)sc(-c2ccccn2)c1. The quantitative estimate of drug-likeness (QED) is 0.704. The van der Waals surface area contributed by atoms with E-state index in [4.69, 9.17) is 0 Å². The summed E-state index contributed by atoms with van der Waals surface area (Å²) in [6.45, 7) is 0. The summed E-state index contributed by atoms with van der Waals surface area (Å²) in [5.74, 6) is 0. The van der Waals surface area contributed by atoms with Crippen LogP contribution in [0.3, 0.4) is 0 Å². The summed E-state index contributed by atoms with van der Waals surface area (Å²) in [5.41, 5.74) is 1.91. The lowest BCUT2D eigenvalue weighted by atomic mass is 10.2. The fourth-order valence-corrected chi connectivity index (χ4v) is 2.92. The predicted molar refractivity (Wildman–Crippen MR) is 79.3 cm³/mol. The molecule has 0 N–H and O–H groups in total. The van der Waals surface area contributed by atoms with Gasteiger partial charge in [0.1, 0.15) is 0 Å². The lowest BCUT2D eigenvalue weighted by Crippen LogP contribution is -1.97. The molecule has 19 heavy (non-hydrogen) atoms. The lowest BCUT2D eigenvalue weighted by molar-refractivity contribution is 1.34. The Balaban J connectivity index is 2.15.